The van der Waals surface area contributed by atoms with Gasteiger partial charge in [-0.1, -0.05) is 32.0 Å². The summed E-state index contributed by atoms with van der Waals surface area (Å²) in [6.07, 6.45) is 0. The van der Waals surface area contributed by atoms with Gasteiger partial charge in [0.05, 0.1) is 0 Å². The fourth-order valence-electron chi connectivity index (χ4n) is 2.30. The Morgan fingerprint density at radius 1 is 1.17 bits per heavy atom. The third-order valence-electron chi connectivity index (χ3n) is 3.57. The Kier molecular flexibility index (Phi) is 5.55. The molecular weight excluding hydrogens is 310 g/mol. The third-order valence-corrected chi connectivity index (χ3v) is 4.57. The molecule has 0 bridgehead atoms. The van der Waals surface area contributed by atoms with Crippen molar-refractivity contribution >= 4 is 28.9 Å². The summed E-state index contributed by atoms with van der Waals surface area (Å²) in [6.45, 7) is 7.65. The van der Waals surface area contributed by atoms with Crippen molar-refractivity contribution in [2.75, 3.05) is 11.9 Å². The van der Waals surface area contributed by atoms with Crippen molar-refractivity contribution in [1.29, 1.82) is 0 Å². The quantitative estimate of drug-likeness (QED) is 0.832. The van der Waals surface area contributed by atoms with Crippen LogP contribution in [0.3, 0.4) is 0 Å². The molecule has 1 aromatic carbocycles. The maximum absolute atomic E-state index is 12.1. The van der Waals surface area contributed by atoms with E-state index in [1.165, 1.54) is 11.3 Å². The number of carbonyl (C=O) groups excluding carboxylic acids is 2. The Bertz CT molecular complexity index is 719. The molecule has 0 saturated carbocycles. The molecule has 1 heterocycles. The fraction of sp³-hybridized carbons (Fsp3) is 0.333. The smallest absolute Gasteiger partial charge is 0.349 e. The molecule has 2 rings (SSSR count). The third kappa shape index (κ3) is 4.20. The number of hydrogen-bond donors (Lipinski definition) is 1. The van der Waals surface area contributed by atoms with Crippen LogP contribution in [-0.2, 0) is 9.53 Å². The lowest BCUT2D eigenvalue weighted by molar-refractivity contribution is -0.119. The summed E-state index contributed by atoms with van der Waals surface area (Å²) < 4.78 is 5.10. The average molecular weight is 331 g/mol. The highest BCUT2D eigenvalue weighted by Crippen LogP contribution is 2.27. The van der Waals surface area contributed by atoms with E-state index < -0.39 is 5.97 Å². The van der Waals surface area contributed by atoms with Gasteiger partial charge in [-0.15, -0.1) is 11.3 Å². The molecule has 0 radical (unpaired) electrons. The molecule has 1 N–H and O–H groups in total. The number of para-hydroxylation sites is 1. The molecule has 2 aromatic rings. The predicted octanol–water partition coefficient (Wildman–Crippen LogP) is 4.28. The Labute approximate surface area is 140 Å². The standard InChI is InChI=1S/C18H21NO3S/c1-11(2)14-7-5-6-12(3)16(14)19-15(20)10-22-18(21)17-13(4)8-9-23-17/h5-9,11H,10H2,1-4H3,(H,19,20). The van der Waals surface area contributed by atoms with Crippen LogP contribution in [0.25, 0.3) is 0 Å². The second-order valence-corrected chi connectivity index (χ2v) is 6.67. The van der Waals surface area contributed by atoms with Gasteiger partial charge in [0.15, 0.2) is 6.61 Å². The van der Waals surface area contributed by atoms with E-state index in [0.29, 0.717) is 10.8 Å². The minimum atomic E-state index is -0.457. The number of anilines is 1. The first-order chi connectivity index (χ1) is 10.9. The van der Waals surface area contributed by atoms with Gasteiger partial charge in [0.2, 0.25) is 0 Å². The molecule has 0 aliphatic rings. The average Bonchev–Trinajstić information content (AvgIpc) is 2.93. The number of hydrogen-bond acceptors (Lipinski definition) is 4. The van der Waals surface area contributed by atoms with Gasteiger partial charge in [0.1, 0.15) is 4.88 Å². The molecular formula is C18H21NO3S. The van der Waals surface area contributed by atoms with E-state index >= 15 is 0 Å². The van der Waals surface area contributed by atoms with Gasteiger partial charge in [-0.3, -0.25) is 4.79 Å². The second-order valence-electron chi connectivity index (χ2n) is 5.75. The SMILES string of the molecule is Cc1ccsc1C(=O)OCC(=O)Nc1c(C)cccc1C(C)C. The zero-order valence-electron chi connectivity index (χ0n) is 13.8. The van der Waals surface area contributed by atoms with Crippen molar-refractivity contribution in [1.82, 2.24) is 0 Å². The normalized spacial score (nSPS) is 10.7. The van der Waals surface area contributed by atoms with Crippen LogP contribution in [0.5, 0.6) is 0 Å². The van der Waals surface area contributed by atoms with Crippen molar-refractivity contribution in [3.05, 3.63) is 51.2 Å². The monoisotopic (exact) mass is 331 g/mol. The molecule has 0 unspecified atom stereocenters. The number of esters is 1. The first-order valence-electron chi connectivity index (χ1n) is 7.50. The zero-order valence-corrected chi connectivity index (χ0v) is 14.6. The second kappa shape index (κ2) is 7.42. The summed E-state index contributed by atoms with van der Waals surface area (Å²) in [5.74, 6) is -0.494. The molecule has 5 heteroatoms. The summed E-state index contributed by atoms with van der Waals surface area (Å²) >= 11 is 1.32. The lowest BCUT2D eigenvalue weighted by Gasteiger charge is -2.16. The van der Waals surface area contributed by atoms with Crippen molar-refractivity contribution < 1.29 is 14.3 Å². The van der Waals surface area contributed by atoms with Crippen LogP contribution >= 0.6 is 11.3 Å². The van der Waals surface area contributed by atoms with Crippen molar-refractivity contribution in [3.63, 3.8) is 0 Å². The van der Waals surface area contributed by atoms with Gasteiger partial charge < -0.3 is 10.1 Å². The highest BCUT2D eigenvalue weighted by Gasteiger charge is 2.16. The molecule has 0 fully saturated rings. The minimum absolute atomic E-state index is 0.290. The van der Waals surface area contributed by atoms with Gasteiger partial charge in [-0.25, -0.2) is 4.79 Å². The Hall–Kier alpha value is -2.14. The highest BCUT2D eigenvalue weighted by molar-refractivity contribution is 7.12. The first-order valence-corrected chi connectivity index (χ1v) is 8.38. The number of thiophene rings is 1. The molecule has 0 saturated heterocycles. The molecule has 23 heavy (non-hydrogen) atoms. The molecule has 0 aliphatic heterocycles. The topological polar surface area (TPSA) is 55.4 Å². The van der Waals surface area contributed by atoms with Crippen molar-refractivity contribution in [2.24, 2.45) is 0 Å². The van der Waals surface area contributed by atoms with Crippen LogP contribution in [0.15, 0.2) is 29.6 Å². The Balaban J connectivity index is 2.01. The number of rotatable bonds is 5. The molecule has 0 spiro atoms. The van der Waals surface area contributed by atoms with E-state index in [9.17, 15) is 9.59 Å². The summed E-state index contributed by atoms with van der Waals surface area (Å²) in [4.78, 5) is 24.6. The Morgan fingerprint density at radius 2 is 1.91 bits per heavy atom. The van der Waals surface area contributed by atoms with Crippen LogP contribution < -0.4 is 5.32 Å². The van der Waals surface area contributed by atoms with E-state index in [4.69, 9.17) is 4.74 Å². The number of aryl methyl sites for hydroxylation is 2. The van der Waals surface area contributed by atoms with Gasteiger partial charge in [-0.2, -0.15) is 0 Å². The van der Waals surface area contributed by atoms with E-state index in [0.717, 1.165) is 22.4 Å². The molecule has 1 amide bonds. The van der Waals surface area contributed by atoms with E-state index in [1.807, 2.05) is 43.5 Å². The van der Waals surface area contributed by atoms with Crippen LogP contribution in [0.2, 0.25) is 0 Å². The van der Waals surface area contributed by atoms with Crippen LogP contribution in [0.4, 0.5) is 5.69 Å². The van der Waals surface area contributed by atoms with Gasteiger partial charge in [-0.05, 0) is 47.9 Å². The highest BCUT2D eigenvalue weighted by atomic mass is 32.1. The lowest BCUT2D eigenvalue weighted by atomic mass is 9.98. The van der Waals surface area contributed by atoms with Crippen LogP contribution in [0, 0.1) is 13.8 Å². The number of benzene rings is 1. The Morgan fingerprint density at radius 3 is 2.52 bits per heavy atom. The molecule has 4 nitrogen and oxygen atoms in total. The maximum Gasteiger partial charge on any atom is 0.349 e. The first kappa shape index (κ1) is 17.2. The number of amides is 1. The van der Waals surface area contributed by atoms with E-state index in [-0.39, 0.29) is 12.5 Å². The predicted molar refractivity (Wildman–Crippen MR) is 93.2 cm³/mol. The summed E-state index contributed by atoms with van der Waals surface area (Å²) in [5, 5.41) is 4.69. The van der Waals surface area contributed by atoms with Crippen LogP contribution in [-0.4, -0.2) is 18.5 Å². The van der Waals surface area contributed by atoms with Crippen LogP contribution in [0.1, 0.15) is 46.1 Å². The van der Waals surface area contributed by atoms with E-state index in [1.54, 1.807) is 0 Å². The van der Waals surface area contributed by atoms with E-state index in [2.05, 4.69) is 19.2 Å². The fourth-order valence-corrected chi connectivity index (χ4v) is 3.11. The number of carbonyl (C=O) groups is 2. The molecule has 0 atom stereocenters. The summed E-state index contributed by atoms with van der Waals surface area (Å²) in [6, 6.07) is 7.76. The van der Waals surface area contributed by atoms with Gasteiger partial charge >= 0.3 is 5.97 Å². The zero-order chi connectivity index (χ0) is 17.0. The van der Waals surface area contributed by atoms with Crippen molar-refractivity contribution in [2.45, 2.75) is 33.6 Å². The lowest BCUT2D eigenvalue weighted by Crippen LogP contribution is -2.22. The van der Waals surface area contributed by atoms with Gasteiger partial charge in [0, 0.05) is 5.69 Å². The number of nitrogens with one attached hydrogen (secondary N) is 1. The van der Waals surface area contributed by atoms with Gasteiger partial charge in [0.25, 0.3) is 5.91 Å². The molecule has 1 aromatic heterocycles. The molecule has 0 aliphatic carbocycles. The maximum atomic E-state index is 12.1. The van der Waals surface area contributed by atoms with Crippen molar-refractivity contribution in [3.8, 4) is 0 Å². The largest absolute Gasteiger partial charge is 0.451 e. The molecule has 122 valence electrons. The summed E-state index contributed by atoms with van der Waals surface area (Å²) in [5.41, 5.74) is 3.72. The number of ether oxygens (including phenoxy) is 1. The summed E-state index contributed by atoms with van der Waals surface area (Å²) in [7, 11) is 0. The minimum Gasteiger partial charge on any atom is -0.451 e.